The van der Waals surface area contributed by atoms with Gasteiger partial charge in [-0.1, -0.05) is 6.92 Å². The molecule has 0 saturated heterocycles. The maximum Gasteiger partial charge on any atom is 0.238 e. The fourth-order valence-corrected chi connectivity index (χ4v) is 2.51. The van der Waals surface area contributed by atoms with Crippen LogP contribution in [-0.4, -0.2) is 25.9 Å². The van der Waals surface area contributed by atoms with E-state index in [0.29, 0.717) is 16.7 Å². The minimum absolute atomic E-state index is 0.0269. The van der Waals surface area contributed by atoms with Crippen molar-refractivity contribution in [1.82, 2.24) is 4.98 Å². The Morgan fingerprint density at radius 2 is 2.10 bits per heavy atom. The number of hydrogen-bond acceptors (Lipinski definition) is 5. The van der Waals surface area contributed by atoms with Crippen LogP contribution in [0.25, 0.3) is 10.9 Å². The number of benzene rings is 1. The van der Waals surface area contributed by atoms with Crippen LogP contribution >= 0.6 is 0 Å². The standard InChI is InChI=1S/C13H15N3O4S/c1-8(13(14)17)7-20-10-4-5-11(21(15,18)19)9-3-2-6-16-12(9)10/h2-6,8H,7H2,1H3,(H2,14,17)(H2,15,18,19). The highest BCUT2D eigenvalue weighted by Crippen LogP contribution is 2.29. The molecule has 112 valence electrons. The fraction of sp³-hybridized carbons (Fsp3) is 0.231. The zero-order chi connectivity index (χ0) is 15.6. The number of nitrogens with two attached hydrogens (primary N) is 2. The van der Waals surface area contributed by atoms with E-state index in [-0.39, 0.29) is 11.5 Å². The minimum Gasteiger partial charge on any atom is -0.490 e. The Hall–Kier alpha value is -2.19. The molecule has 1 unspecified atom stereocenters. The fourth-order valence-electron chi connectivity index (χ4n) is 1.78. The second-order valence-electron chi connectivity index (χ2n) is 4.62. The van der Waals surface area contributed by atoms with Gasteiger partial charge in [0.1, 0.15) is 11.3 Å². The Balaban J connectivity index is 2.46. The topological polar surface area (TPSA) is 125 Å². The predicted molar refractivity (Wildman–Crippen MR) is 77.0 cm³/mol. The number of amides is 1. The van der Waals surface area contributed by atoms with E-state index < -0.39 is 21.8 Å². The second-order valence-corrected chi connectivity index (χ2v) is 6.15. The van der Waals surface area contributed by atoms with Gasteiger partial charge < -0.3 is 10.5 Å². The van der Waals surface area contributed by atoms with Crippen LogP contribution in [0.5, 0.6) is 5.75 Å². The number of primary amides is 1. The molecule has 0 aliphatic rings. The number of rotatable bonds is 5. The van der Waals surface area contributed by atoms with Gasteiger partial charge in [0.05, 0.1) is 17.4 Å². The average molecular weight is 309 g/mol. The molecular weight excluding hydrogens is 294 g/mol. The van der Waals surface area contributed by atoms with Gasteiger partial charge in [-0.25, -0.2) is 13.6 Å². The van der Waals surface area contributed by atoms with Crippen molar-refractivity contribution in [3.63, 3.8) is 0 Å². The van der Waals surface area contributed by atoms with E-state index in [0.717, 1.165) is 0 Å². The Morgan fingerprint density at radius 3 is 2.71 bits per heavy atom. The lowest BCUT2D eigenvalue weighted by Gasteiger charge is -2.13. The van der Waals surface area contributed by atoms with Gasteiger partial charge in [-0.2, -0.15) is 0 Å². The van der Waals surface area contributed by atoms with E-state index in [2.05, 4.69) is 4.98 Å². The number of sulfonamides is 1. The third kappa shape index (κ3) is 3.29. The van der Waals surface area contributed by atoms with Crippen LogP contribution in [0.2, 0.25) is 0 Å². The molecule has 0 spiro atoms. The van der Waals surface area contributed by atoms with Crippen LogP contribution in [0.15, 0.2) is 35.4 Å². The highest BCUT2D eigenvalue weighted by molar-refractivity contribution is 7.89. The summed E-state index contributed by atoms with van der Waals surface area (Å²) in [7, 11) is -3.86. The predicted octanol–water partition coefficient (Wildman–Crippen LogP) is 0.382. The number of carbonyl (C=O) groups is 1. The van der Waals surface area contributed by atoms with Crippen LogP contribution in [0.1, 0.15) is 6.92 Å². The Labute approximate surface area is 122 Å². The van der Waals surface area contributed by atoms with Gasteiger partial charge in [-0.15, -0.1) is 0 Å². The second kappa shape index (κ2) is 5.66. The molecule has 1 atom stereocenters. The molecule has 0 fully saturated rings. The maximum atomic E-state index is 11.6. The highest BCUT2D eigenvalue weighted by atomic mass is 32.2. The van der Waals surface area contributed by atoms with Crippen LogP contribution in [0.3, 0.4) is 0 Å². The molecule has 2 aromatic rings. The summed E-state index contributed by atoms with van der Waals surface area (Å²) in [5.41, 5.74) is 5.53. The molecule has 0 aliphatic carbocycles. The number of pyridine rings is 1. The molecule has 0 radical (unpaired) electrons. The summed E-state index contributed by atoms with van der Waals surface area (Å²) in [5, 5.41) is 5.54. The number of nitrogens with zero attached hydrogens (tertiary/aromatic N) is 1. The van der Waals surface area contributed by atoms with Crippen molar-refractivity contribution in [3.05, 3.63) is 30.5 Å². The number of fused-ring (bicyclic) bond motifs is 1. The Morgan fingerprint density at radius 1 is 1.38 bits per heavy atom. The number of carbonyl (C=O) groups excluding carboxylic acids is 1. The summed E-state index contributed by atoms with van der Waals surface area (Å²) in [6, 6.07) is 6.01. The summed E-state index contributed by atoms with van der Waals surface area (Å²) in [6.45, 7) is 1.71. The maximum absolute atomic E-state index is 11.6. The first-order chi connectivity index (χ1) is 9.80. The first-order valence-corrected chi connectivity index (χ1v) is 7.68. The van der Waals surface area contributed by atoms with Crippen molar-refractivity contribution in [2.45, 2.75) is 11.8 Å². The molecular formula is C13H15N3O4S. The van der Waals surface area contributed by atoms with E-state index in [1.165, 1.54) is 18.3 Å². The number of hydrogen-bond donors (Lipinski definition) is 2. The summed E-state index contributed by atoms with van der Waals surface area (Å²) in [6.07, 6.45) is 1.51. The molecule has 0 aliphatic heterocycles. The van der Waals surface area contributed by atoms with E-state index in [4.69, 9.17) is 15.6 Å². The first-order valence-electron chi connectivity index (χ1n) is 6.13. The zero-order valence-corrected chi connectivity index (χ0v) is 12.1. The molecule has 1 amide bonds. The molecule has 0 saturated carbocycles. The van der Waals surface area contributed by atoms with Crippen molar-refractivity contribution in [3.8, 4) is 5.75 Å². The quantitative estimate of drug-likeness (QED) is 0.826. The van der Waals surface area contributed by atoms with Gasteiger partial charge >= 0.3 is 0 Å². The third-order valence-electron chi connectivity index (χ3n) is 2.97. The zero-order valence-electron chi connectivity index (χ0n) is 11.3. The van der Waals surface area contributed by atoms with Crippen molar-refractivity contribution >= 4 is 26.8 Å². The van der Waals surface area contributed by atoms with Crippen LogP contribution in [0, 0.1) is 5.92 Å². The summed E-state index contributed by atoms with van der Waals surface area (Å²) in [5.74, 6) is -0.582. The summed E-state index contributed by atoms with van der Waals surface area (Å²) < 4.78 is 28.6. The largest absolute Gasteiger partial charge is 0.490 e. The molecule has 0 bridgehead atoms. The van der Waals surface area contributed by atoms with Gasteiger partial charge in [0.2, 0.25) is 15.9 Å². The molecule has 8 heteroatoms. The van der Waals surface area contributed by atoms with Gasteiger partial charge in [-0.3, -0.25) is 9.78 Å². The van der Waals surface area contributed by atoms with Crippen molar-refractivity contribution in [1.29, 1.82) is 0 Å². The van der Waals surface area contributed by atoms with Gasteiger partial charge in [0.15, 0.2) is 0 Å². The Kier molecular flexibility index (Phi) is 4.10. The molecule has 4 N–H and O–H groups in total. The first kappa shape index (κ1) is 15.2. The molecule has 1 heterocycles. The van der Waals surface area contributed by atoms with Gasteiger partial charge in [0, 0.05) is 11.6 Å². The number of ether oxygens (including phenoxy) is 1. The number of primary sulfonamides is 1. The Bertz CT molecular complexity index is 789. The van der Waals surface area contributed by atoms with Crippen molar-refractivity contribution < 1.29 is 17.9 Å². The number of aromatic nitrogens is 1. The lowest BCUT2D eigenvalue weighted by atomic mass is 10.2. The molecule has 1 aromatic heterocycles. The normalized spacial score (nSPS) is 13.0. The van der Waals surface area contributed by atoms with Crippen molar-refractivity contribution in [2.24, 2.45) is 16.8 Å². The van der Waals surface area contributed by atoms with E-state index in [1.54, 1.807) is 19.1 Å². The van der Waals surface area contributed by atoms with E-state index in [9.17, 15) is 13.2 Å². The lowest BCUT2D eigenvalue weighted by Crippen LogP contribution is -2.25. The molecule has 2 rings (SSSR count). The van der Waals surface area contributed by atoms with Crippen molar-refractivity contribution in [2.75, 3.05) is 6.61 Å². The summed E-state index contributed by atoms with van der Waals surface area (Å²) >= 11 is 0. The minimum atomic E-state index is -3.86. The third-order valence-corrected chi connectivity index (χ3v) is 3.94. The summed E-state index contributed by atoms with van der Waals surface area (Å²) in [4.78, 5) is 15.1. The molecule has 1 aromatic carbocycles. The van der Waals surface area contributed by atoms with E-state index in [1.807, 2.05) is 0 Å². The molecule has 7 nitrogen and oxygen atoms in total. The van der Waals surface area contributed by atoms with Crippen LogP contribution in [0.4, 0.5) is 0 Å². The monoisotopic (exact) mass is 309 g/mol. The average Bonchev–Trinajstić information content (AvgIpc) is 2.42. The van der Waals surface area contributed by atoms with Gasteiger partial charge in [0.25, 0.3) is 0 Å². The highest BCUT2D eigenvalue weighted by Gasteiger charge is 2.17. The molecule has 21 heavy (non-hydrogen) atoms. The van der Waals surface area contributed by atoms with E-state index >= 15 is 0 Å². The van der Waals surface area contributed by atoms with Crippen LogP contribution < -0.4 is 15.6 Å². The lowest BCUT2D eigenvalue weighted by molar-refractivity contribution is -0.122. The van der Waals surface area contributed by atoms with Crippen LogP contribution in [-0.2, 0) is 14.8 Å². The van der Waals surface area contributed by atoms with Gasteiger partial charge in [-0.05, 0) is 24.3 Å². The SMILES string of the molecule is CC(COc1ccc(S(N)(=O)=O)c2cccnc12)C(N)=O. The smallest absolute Gasteiger partial charge is 0.238 e.